The number of aromatic nitrogens is 1. The first kappa shape index (κ1) is 25.0. The van der Waals surface area contributed by atoms with Crippen LogP contribution in [0.1, 0.15) is 83.5 Å². The van der Waals surface area contributed by atoms with Gasteiger partial charge in [0.2, 0.25) is 5.91 Å². The van der Waals surface area contributed by atoms with Crippen LogP contribution in [0.15, 0.2) is 66.7 Å². The lowest BCUT2D eigenvalue weighted by Gasteiger charge is -2.24. The predicted molar refractivity (Wildman–Crippen MR) is 157 cm³/mol. The maximum atomic E-state index is 13.5. The summed E-state index contributed by atoms with van der Waals surface area (Å²) in [6.07, 6.45) is 9.70. The predicted octanol–water partition coefficient (Wildman–Crippen LogP) is 7.78. The van der Waals surface area contributed by atoms with E-state index in [4.69, 9.17) is 0 Å². The number of amides is 1. The Hall–Kier alpha value is -3.33. The lowest BCUT2D eigenvalue weighted by Crippen LogP contribution is -2.32. The number of carbonyl (C=O) groups is 1. The third kappa shape index (κ3) is 4.91. The van der Waals surface area contributed by atoms with E-state index in [0.29, 0.717) is 12.5 Å². The van der Waals surface area contributed by atoms with Gasteiger partial charge in [-0.3, -0.25) is 4.79 Å². The van der Waals surface area contributed by atoms with Gasteiger partial charge in [0, 0.05) is 29.7 Å². The van der Waals surface area contributed by atoms with E-state index in [9.17, 15) is 4.79 Å². The zero-order chi connectivity index (χ0) is 26.1. The lowest BCUT2D eigenvalue weighted by atomic mass is 9.83. The molecule has 1 N–H and O–H groups in total. The third-order valence-electron chi connectivity index (χ3n) is 8.96. The highest BCUT2D eigenvalue weighted by Crippen LogP contribution is 2.38. The number of hydrogen-bond donors (Lipinski definition) is 1. The molecule has 1 saturated carbocycles. The Bertz CT molecular complexity index is 1420. The highest BCUT2D eigenvalue weighted by Gasteiger charge is 2.32. The summed E-state index contributed by atoms with van der Waals surface area (Å²) in [5.74, 6) is 0.536. The van der Waals surface area contributed by atoms with Crippen LogP contribution in [0.4, 0.5) is 0 Å². The molecule has 1 aromatic heterocycles. The Balaban J connectivity index is 1.27. The first-order valence-corrected chi connectivity index (χ1v) is 14.6. The highest BCUT2D eigenvalue weighted by molar-refractivity contribution is 5.89. The molecule has 2 aliphatic carbocycles. The number of rotatable bonds is 7. The van der Waals surface area contributed by atoms with Gasteiger partial charge < -0.3 is 9.88 Å². The molecule has 1 heterocycles. The standard InChI is InChI=1S/C35H40N2O/c1-24-20-25(2)33-30-14-8-9-15-31(30)37(32(33)21-24)23-27-16-18-29(19-17-27)34(28-12-6-7-13-28)35(38)36-22-26-10-4-3-5-11-26/h3-5,10-11,16-21,28,34H,6-9,12-15,22-23H2,1-2H3,(H,36,38). The smallest absolute Gasteiger partial charge is 0.228 e. The van der Waals surface area contributed by atoms with Gasteiger partial charge in [0.25, 0.3) is 0 Å². The van der Waals surface area contributed by atoms with Gasteiger partial charge in [-0.2, -0.15) is 0 Å². The molecule has 0 saturated heterocycles. The summed E-state index contributed by atoms with van der Waals surface area (Å²) in [6, 6.07) is 23.9. The van der Waals surface area contributed by atoms with Crippen LogP contribution in [0, 0.1) is 19.8 Å². The number of aryl methyl sites for hydroxylation is 3. The van der Waals surface area contributed by atoms with E-state index in [2.05, 4.69) is 72.3 Å². The summed E-state index contributed by atoms with van der Waals surface area (Å²) in [6.45, 7) is 5.97. The van der Waals surface area contributed by atoms with Crippen molar-refractivity contribution in [1.82, 2.24) is 9.88 Å². The topological polar surface area (TPSA) is 34.0 Å². The Kier molecular flexibility index (Phi) is 7.10. The van der Waals surface area contributed by atoms with Crippen molar-refractivity contribution in [3.05, 3.63) is 106 Å². The van der Waals surface area contributed by atoms with Crippen molar-refractivity contribution in [2.24, 2.45) is 5.92 Å². The van der Waals surface area contributed by atoms with Crippen LogP contribution in [0.5, 0.6) is 0 Å². The molecule has 196 valence electrons. The van der Waals surface area contributed by atoms with E-state index < -0.39 is 0 Å². The zero-order valence-corrected chi connectivity index (χ0v) is 22.9. The Labute approximate surface area is 227 Å². The minimum atomic E-state index is -0.0688. The van der Waals surface area contributed by atoms with Gasteiger partial charge in [-0.25, -0.2) is 0 Å². The molecule has 0 bridgehead atoms. The molecule has 3 heteroatoms. The van der Waals surface area contributed by atoms with Crippen LogP contribution in [0.2, 0.25) is 0 Å². The molecular formula is C35H40N2O. The fraction of sp³-hybridized carbons (Fsp3) is 0.400. The van der Waals surface area contributed by atoms with E-state index in [1.807, 2.05) is 18.2 Å². The molecule has 1 fully saturated rings. The summed E-state index contributed by atoms with van der Waals surface area (Å²) >= 11 is 0. The highest BCUT2D eigenvalue weighted by atomic mass is 16.1. The first-order valence-electron chi connectivity index (χ1n) is 14.6. The number of fused-ring (bicyclic) bond motifs is 3. The fourth-order valence-electron chi connectivity index (χ4n) is 7.17. The normalized spacial score (nSPS) is 16.5. The molecule has 3 aromatic carbocycles. The van der Waals surface area contributed by atoms with Gasteiger partial charge in [0.1, 0.15) is 0 Å². The minimum Gasteiger partial charge on any atom is -0.351 e. The number of nitrogens with one attached hydrogen (secondary N) is 1. The number of hydrogen-bond acceptors (Lipinski definition) is 1. The number of benzene rings is 3. The molecule has 2 aliphatic rings. The van der Waals surface area contributed by atoms with Crippen LogP contribution in [0.25, 0.3) is 10.9 Å². The van der Waals surface area contributed by atoms with E-state index >= 15 is 0 Å². The molecule has 1 atom stereocenters. The average Bonchev–Trinajstić information content (AvgIpc) is 3.56. The van der Waals surface area contributed by atoms with E-state index in [1.165, 1.54) is 71.8 Å². The van der Waals surface area contributed by atoms with Gasteiger partial charge in [0.05, 0.1) is 5.92 Å². The monoisotopic (exact) mass is 504 g/mol. The van der Waals surface area contributed by atoms with Crippen molar-refractivity contribution >= 4 is 16.8 Å². The molecule has 0 spiro atoms. The Morgan fingerprint density at radius 2 is 1.63 bits per heavy atom. The fourth-order valence-corrected chi connectivity index (χ4v) is 7.17. The van der Waals surface area contributed by atoms with E-state index in [0.717, 1.165) is 30.5 Å². The molecule has 0 aliphatic heterocycles. The third-order valence-corrected chi connectivity index (χ3v) is 8.96. The van der Waals surface area contributed by atoms with Crippen molar-refractivity contribution in [3.63, 3.8) is 0 Å². The minimum absolute atomic E-state index is 0.0688. The lowest BCUT2D eigenvalue weighted by molar-refractivity contribution is -0.123. The molecule has 6 rings (SSSR count). The van der Waals surface area contributed by atoms with E-state index in [1.54, 1.807) is 5.56 Å². The second-order valence-electron chi connectivity index (χ2n) is 11.7. The number of carbonyl (C=O) groups excluding carboxylic acids is 1. The van der Waals surface area contributed by atoms with Crippen molar-refractivity contribution < 1.29 is 4.79 Å². The van der Waals surface area contributed by atoms with Crippen molar-refractivity contribution in [3.8, 4) is 0 Å². The van der Waals surface area contributed by atoms with Crippen LogP contribution in [0.3, 0.4) is 0 Å². The second-order valence-corrected chi connectivity index (χ2v) is 11.7. The molecule has 1 amide bonds. The molecule has 3 nitrogen and oxygen atoms in total. The summed E-state index contributed by atoms with van der Waals surface area (Å²) < 4.78 is 2.58. The van der Waals surface area contributed by atoms with Gasteiger partial charge >= 0.3 is 0 Å². The van der Waals surface area contributed by atoms with Crippen LogP contribution in [-0.4, -0.2) is 10.5 Å². The van der Waals surface area contributed by atoms with Gasteiger partial charge in [-0.1, -0.05) is 73.5 Å². The van der Waals surface area contributed by atoms with Crippen LogP contribution >= 0.6 is 0 Å². The Morgan fingerprint density at radius 1 is 0.895 bits per heavy atom. The molecule has 1 unspecified atom stereocenters. The van der Waals surface area contributed by atoms with E-state index in [-0.39, 0.29) is 11.8 Å². The summed E-state index contributed by atoms with van der Waals surface area (Å²) in [4.78, 5) is 13.5. The molecule has 4 aromatic rings. The summed E-state index contributed by atoms with van der Waals surface area (Å²) in [7, 11) is 0. The first-order chi connectivity index (χ1) is 18.6. The maximum absolute atomic E-state index is 13.5. The van der Waals surface area contributed by atoms with Crippen molar-refractivity contribution in [2.75, 3.05) is 0 Å². The Morgan fingerprint density at radius 3 is 2.39 bits per heavy atom. The van der Waals surface area contributed by atoms with Gasteiger partial charge in [-0.05, 0) is 97.7 Å². The SMILES string of the molecule is Cc1cc(C)c2c3c(n(Cc4ccc(C(C(=O)NCc5ccccc5)C5CCCC5)cc4)c2c1)CCCC3. The zero-order valence-electron chi connectivity index (χ0n) is 22.9. The van der Waals surface area contributed by atoms with Gasteiger partial charge in [-0.15, -0.1) is 0 Å². The van der Waals surface area contributed by atoms with Crippen LogP contribution in [-0.2, 0) is 30.7 Å². The summed E-state index contributed by atoms with van der Waals surface area (Å²) in [5.41, 5.74) is 10.9. The van der Waals surface area contributed by atoms with Crippen molar-refractivity contribution in [2.45, 2.75) is 84.2 Å². The molecule has 0 radical (unpaired) electrons. The average molecular weight is 505 g/mol. The summed E-state index contributed by atoms with van der Waals surface area (Å²) in [5, 5.41) is 4.73. The van der Waals surface area contributed by atoms with Crippen LogP contribution < -0.4 is 5.32 Å². The second kappa shape index (κ2) is 10.8. The van der Waals surface area contributed by atoms with Crippen molar-refractivity contribution in [1.29, 1.82) is 0 Å². The van der Waals surface area contributed by atoms with Gasteiger partial charge in [0.15, 0.2) is 0 Å². The maximum Gasteiger partial charge on any atom is 0.228 e. The number of nitrogens with zero attached hydrogens (tertiary/aromatic N) is 1. The molecular weight excluding hydrogens is 464 g/mol. The molecule has 38 heavy (non-hydrogen) atoms. The quantitative estimate of drug-likeness (QED) is 0.274. The largest absolute Gasteiger partial charge is 0.351 e.